The third-order valence-electron chi connectivity index (χ3n) is 4.68. The molecule has 1 atom stereocenters. The number of rotatable bonds is 3. The van der Waals surface area contributed by atoms with E-state index in [0.717, 1.165) is 19.4 Å². The molecule has 0 amide bonds. The Morgan fingerprint density at radius 1 is 1.41 bits per heavy atom. The van der Waals surface area contributed by atoms with Crippen molar-refractivity contribution in [2.45, 2.75) is 46.6 Å². The topological polar surface area (TPSA) is 31.2 Å². The fourth-order valence-electron chi connectivity index (χ4n) is 3.64. The number of carbonyl (C=O) groups is 1. The fraction of sp³-hybridized carbons (Fsp3) is 0.526. The predicted octanol–water partition coefficient (Wildman–Crippen LogP) is 4.21. The minimum atomic E-state index is -0.254. The number of benzene rings is 1. The highest BCUT2D eigenvalue weighted by molar-refractivity contribution is 5.96. The van der Waals surface area contributed by atoms with Crippen molar-refractivity contribution in [1.82, 2.24) is 4.57 Å². The van der Waals surface area contributed by atoms with Crippen LogP contribution in [0.25, 0.3) is 10.9 Å². The number of aromatic nitrogens is 1. The fourth-order valence-corrected chi connectivity index (χ4v) is 3.64. The molecular weight excluding hydrogens is 274 g/mol. The molecule has 0 bridgehead atoms. The number of ether oxygens (including phenoxy) is 1. The number of carbonyl (C=O) groups excluding carboxylic acids is 1. The molecule has 3 rings (SSSR count). The zero-order valence-corrected chi connectivity index (χ0v) is 14.0. The summed E-state index contributed by atoms with van der Waals surface area (Å²) in [6, 6.07) is 6.00. The van der Waals surface area contributed by atoms with E-state index >= 15 is 0 Å². The van der Waals surface area contributed by atoms with Crippen molar-refractivity contribution >= 4 is 16.9 Å². The van der Waals surface area contributed by atoms with Gasteiger partial charge in [0.25, 0.3) is 0 Å². The maximum Gasteiger partial charge on any atom is 0.337 e. The molecule has 0 fully saturated rings. The second-order valence-electron chi connectivity index (χ2n) is 7.00. The summed E-state index contributed by atoms with van der Waals surface area (Å²) in [4.78, 5) is 11.8. The molecule has 1 aromatic carbocycles. The molecule has 0 radical (unpaired) electrons. The Bertz CT molecular complexity index is 712. The van der Waals surface area contributed by atoms with E-state index in [1.165, 1.54) is 35.7 Å². The zero-order valence-electron chi connectivity index (χ0n) is 14.0. The number of nitrogens with zero attached hydrogens (tertiary/aromatic N) is 1. The van der Waals surface area contributed by atoms with Crippen LogP contribution in [0, 0.1) is 11.8 Å². The average molecular weight is 299 g/mol. The molecular formula is C19H25NO2. The molecule has 1 heterocycles. The molecule has 3 nitrogen and oxygen atoms in total. The Kier molecular flexibility index (Phi) is 3.98. The molecule has 1 aliphatic rings. The van der Waals surface area contributed by atoms with Crippen LogP contribution < -0.4 is 0 Å². The van der Waals surface area contributed by atoms with Crippen molar-refractivity contribution in [2.24, 2.45) is 11.8 Å². The van der Waals surface area contributed by atoms with Gasteiger partial charge < -0.3 is 9.30 Å². The van der Waals surface area contributed by atoms with Gasteiger partial charge in [0.05, 0.1) is 12.7 Å². The lowest BCUT2D eigenvalue weighted by Gasteiger charge is -2.21. The maximum atomic E-state index is 11.8. The highest BCUT2D eigenvalue weighted by Gasteiger charge is 2.24. The number of hydrogen-bond donors (Lipinski definition) is 0. The van der Waals surface area contributed by atoms with Crippen molar-refractivity contribution in [2.75, 3.05) is 7.11 Å². The molecule has 118 valence electrons. The Labute approximate surface area is 132 Å². The summed E-state index contributed by atoms with van der Waals surface area (Å²) in [6.07, 6.45) is 3.51. The van der Waals surface area contributed by atoms with Crippen LogP contribution in [0.3, 0.4) is 0 Å². The first-order chi connectivity index (χ1) is 10.5. The van der Waals surface area contributed by atoms with Crippen molar-refractivity contribution in [1.29, 1.82) is 0 Å². The summed E-state index contributed by atoms with van der Waals surface area (Å²) in [5.74, 6) is 1.07. The van der Waals surface area contributed by atoms with Crippen LogP contribution in [-0.2, 0) is 24.1 Å². The Balaban J connectivity index is 2.20. The summed E-state index contributed by atoms with van der Waals surface area (Å²) in [5, 5.41) is 1.24. The van der Waals surface area contributed by atoms with E-state index in [-0.39, 0.29) is 5.97 Å². The van der Waals surface area contributed by atoms with Gasteiger partial charge in [0.2, 0.25) is 0 Å². The van der Waals surface area contributed by atoms with Gasteiger partial charge in [-0.25, -0.2) is 4.79 Å². The lowest BCUT2D eigenvalue weighted by Crippen LogP contribution is -2.15. The number of methoxy groups -OCH3 is 1. The second kappa shape index (κ2) is 5.79. The molecule has 22 heavy (non-hydrogen) atoms. The van der Waals surface area contributed by atoms with Crippen molar-refractivity contribution < 1.29 is 9.53 Å². The molecule has 0 spiro atoms. The summed E-state index contributed by atoms with van der Waals surface area (Å²) in [7, 11) is 1.44. The summed E-state index contributed by atoms with van der Waals surface area (Å²) in [5.41, 5.74) is 4.84. The third-order valence-corrected chi connectivity index (χ3v) is 4.68. The first kappa shape index (κ1) is 15.1. The summed E-state index contributed by atoms with van der Waals surface area (Å²) in [6.45, 7) is 7.87. The highest BCUT2D eigenvalue weighted by atomic mass is 16.5. The van der Waals surface area contributed by atoms with Gasteiger partial charge in [-0.3, -0.25) is 0 Å². The number of esters is 1. The van der Waals surface area contributed by atoms with Gasteiger partial charge in [-0.1, -0.05) is 20.8 Å². The minimum absolute atomic E-state index is 0.254. The minimum Gasteiger partial charge on any atom is -0.465 e. The Morgan fingerprint density at radius 2 is 2.18 bits per heavy atom. The largest absolute Gasteiger partial charge is 0.465 e. The van der Waals surface area contributed by atoms with Crippen LogP contribution in [0.15, 0.2) is 18.2 Å². The van der Waals surface area contributed by atoms with E-state index in [4.69, 9.17) is 4.74 Å². The van der Waals surface area contributed by atoms with Crippen LogP contribution >= 0.6 is 0 Å². The normalized spacial score (nSPS) is 17.8. The summed E-state index contributed by atoms with van der Waals surface area (Å²) < 4.78 is 7.35. The van der Waals surface area contributed by atoms with Gasteiger partial charge in [0.15, 0.2) is 0 Å². The smallest absolute Gasteiger partial charge is 0.337 e. The van der Waals surface area contributed by atoms with Crippen LogP contribution in [-0.4, -0.2) is 17.6 Å². The van der Waals surface area contributed by atoms with E-state index in [9.17, 15) is 4.79 Å². The zero-order chi connectivity index (χ0) is 15.9. The first-order valence-corrected chi connectivity index (χ1v) is 8.23. The predicted molar refractivity (Wildman–Crippen MR) is 89.3 cm³/mol. The Hall–Kier alpha value is -1.77. The molecule has 0 aliphatic heterocycles. The van der Waals surface area contributed by atoms with Crippen molar-refractivity contribution in [3.63, 3.8) is 0 Å². The SMILES string of the molecule is COC(=O)c1ccc2c(c1)c1c(n2CC(C)C)CCC(C)C1. The average Bonchev–Trinajstić information content (AvgIpc) is 2.79. The lowest BCUT2D eigenvalue weighted by molar-refractivity contribution is 0.0601. The summed E-state index contributed by atoms with van der Waals surface area (Å²) >= 11 is 0. The highest BCUT2D eigenvalue weighted by Crippen LogP contribution is 2.35. The maximum absolute atomic E-state index is 11.8. The van der Waals surface area contributed by atoms with E-state index < -0.39 is 0 Å². The second-order valence-corrected chi connectivity index (χ2v) is 7.00. The standard InChI is InChI=1S/C19H25NO2/c1-12(2)11-20-17-7-5-13(3)9-15(17)16-10-14(19(21)22-4)6-8-18(16)20/h6,8,10,12-13H,5,7,9,11H2,1-4H3. The molecule has 1 unspecified atom stereocenters. The molecule has 2 aromatic rings. The van der Waals surface area contributed by atoms with Crippen LogP contribution in [0.1, 0.15) is 48.8 Å². The van der Waals surface area contributed by atoms with E-state index in [1.807, 2.05) is 12.1 Å². The van der Waals surface area contributed by atoms with Crippen LogP contribution in [0.5, 0.6) is 0 Å². The molecule has 3 heteroatoms. The van der Waals surface area contributed by atoms with Crippen molar-refractivity contribution in [3.05, 3.63) is 35.0 Å². The van der Waals surface area contributed by atoms with Gasteiger partial charge in [-0.15, -0.1) is 0 Å². The van der Waals surface area contributed by atoms with Gasteiger partial charge in [0, 0.05) is 23.1 Å². The lowest BCUT2D eigenvalue weighted by atomic mass is 9.87. The molecule has 0 saturated heterocycles. The Morgan fingerprint density at radius 3 is 2.86 bits per heavy atom. The quantitative estimate of drug-likeness (QED) is 0.795. The van der Waals surface area contributed by atoms with Gasteiger partial charge >= 0.3 is 5.97 Å². The molecule has 1 aromatic heterocycles. The number of hydrogen-bond acceptors (Lipinski definition) is 2. The van der Waals surface area contributed by atoms with Gasteiger partial charge in [-0.2, -0.15) is 0 Å². The monoisotopic (exact) mass is 299 g/mol. The van der Waals surface area contributed by atoms with Gasteiger partial charge in [-0.05, 0) is 54.9 Å². The van der Waals surface area contributed by atoms with E-state index in [0.29, 0.717) is 17.4 Å². The van der Waals surface area contributed by atoms with Crippen molar-refractivity contribution in [3.8, 4) is 0 Å². The van der Waals surface area contributed by atoms with Crippen LogP contribution in [0.4, 0.5) is 0 Å². The van der Waals surface area contributed by atoms with E-state index in [1.54, 1.807) is 0 Å². The van der Waals surface area contributed by atoms with Crippen LogP contribution in [0.2, 0.25) is 0 Å². The molecule has 0 saturated carbocycles. The molecule has 0 N–H and O–H groups in total. The van der Waals surface area contributed by atoms with Gasteiger partial charge in [0.1, 0.15) is 0 Å². The number of fused-ring (bicyclic) bond motifs is 3. The first-order valence-electron chi connectivity index (χ1n) is 8.23. The van der Waals surface area contributed by atoms with E-state index in [2.05, 4.69) is 31.4 Å². The molecule has 1 aliphatic carbocycles. The third kappa shape index (κ3) is 2.53.